The van der Waals surface area contributed by atoms with Gasteiger partial charge in [-0.15, -0.1) is 12.4 Å². The topological polar surface area (TPSA) is 49.8 Å². The lowest BCUT2D eigenvalue weighted by Gasteiger charge is -2.26. The van der Waals surface area contributed by atoms with E-state index in [4.69, 9.17) is 21.4 Å². The maximum absolute atomic E-state index is 10.8. The zero-order valence-electron chi connectivity index (χ0n) is 11.2. The van der Waals surface area contributed by atoms with E-state index in [1.165, 1.54) is 31.4 Å². The van der Waals surface area contributed by atoms with Crippen LogP contribution in [0.3, 0.4) is 0 Å². The smallest absolute Gasteiger partial charge is 0.335 e. The van der Waals surface area contributed by atoms with Gasteiger partial charge in [0.1, 0.15) is 12.4 Å². The number of carbonyl (C=O) groups is 1. The molecule has 0 unspecified atom stereocenters. The summed E-state index contributed by atoms with van der Waals surface area (Å²) in [6.07, 6.45) is 3.84. The number of hydrogen-bond donors (Lipinski definition) is 1. The normalized spacial score (nSPS) is 15.4. The lowest BCUT2D eigenvalue weighted by atomic mass is 10.1. The summed E-state index contributed by atoms with van der Waals surface area (Å²) in [4.78, 5) is 13.2. The van der Waals surface area contributed by atoms with E-state index in [1.54, 1.807) is 6.07 Å². The first-order valence-electron chi connectivity index (χ1n) is 6.55. The van der Waals surface area contributed by atoms with Crippen LogP contribution < -0.4 is 4.74 Å². The number of likely N-dealkylation sites (tertiary alicyclic amines) is 1. The van der Waals surface area contributed by atoms with Crippen LogP contribution in [0.2, 0.25) is 5.02 Å². The molecule has 4 nitrogen and oxygen atoms in total. The molecule has 0 spiro atoms. The summed E-state index contributed by atoms with van der Waals surface area (Å²) < 4.78 is 5.61. The van der Waals surface area contributed by atoms with E-state index in [9.17, 15) is 4.79 Å². The van der Waals surface area contributed by atoms with Crippen molar-refractivity contribution in [1.82, 2.24) is 4.90 Å². The van der Waals surface area contributed by atoms with Gasteiger partial charge in [0.2, 0.25) is 0 Å². The van der Waals surface area contributed by atoms with E-state index in [2.05, 4.69) is 4.90 Å². The molecule has 1 aromatic rings. The van der Waals surface area contributed by atoms with Crippen molar-refractivity contribution in [2.24, 2.45) is 0 Å². The van der Waals surface area contributed by atoms with E-state index in [0.29, 0.717) is 17.4 Å². The fourth-order valence-corrected chi connectivity index (χ4v) is 2.45. The third kappa shape index (κ3) is 4.85. The second-order valence-electron chi connectivity index (χ2n) is 4.70. The molecule has 2 rings (SSSR count). The first kappa shape index (κ1) is 17.1. The Morgan fingerprint density at radius 3 is 2.60 bits per heavy atom. The Bertz CT molecular complexity index is 448. The number of carboxylic acids is 1. The van der Waals surface area contributed by atoms with Crippen molar-refractivity contribution in [1.29, 1.82) is 0 Å². The van der Waals surface area contributed by atoms with E-state index in [0.717, 1.165) is 19.6 Å². The van der Waals surface area contributed by atoms with Gasteiger partial charge in [0.25, 0.3) is 0 Å². The number of hydrogen-bond acceptors (Lipinski definition) is 3. The molecule has 0 aliphatic carbocycles. The number of piperidine rings is 1. The highest BCUT2D eigenvalue weighted by Crippen LogP contribution is 2.25. The van der Waals surface area contributed by atoms with Crippen LogP contribution in [0.5, 0.6) is 5.75 Å². The minimum atomic E-state index is -0.984. The van der Waals surface area contributed by atoms with Crippen LogP contribution in [-0.4, -0.2) is 42.2 Å². The van der Waals surface area contributed by atoms with Crippen molar-refractivity contribution >= 4 is 30.0 Å². The summed E-state index contributed by atoms with van der Waals surface area (Å²) in [5.41, 5.74) is 0.174. The summed E-state index contributed by atoms with van der Waals surface area (Å²) in [5, 5.41) is 9.19. The number of rotatable bonds is 5. The number of benzene rings is 1. The number of aromatic carboxylic acids is 1. The predicted molar refractivity (Wildman–Crippen MR) is 81.4 cm³/mol. The first-order valence-corrected chi connectivity index (χ1v) is 6.92. The maximum atomic E-state index is 10.8. The van der Waals surface area contributed by atoms with Crippen LogP contribution in [-0.2, 0) is 0 Å². The molecule has 1 aliphatic rings. The van der Waals surface area contributed by atoms with Crippen LogP contribution in [0.15, 0.2) is 18.2 Å². The molecule has 6 heteroatoms. The highest BCUT2D eigenvalue weighted by Gasteiger charge is 2.11. The summed E-state index contributed by atoms with van der Waals surface area (Å²) in [7, 11) is 0. The number of nitrogens with zero attached hydrogens (tertiary/aromatic N) is 1. The molecule has 0 saturated carbocycles. The van der Waals surface area contributed by atoms with Crippen molar-refractivity contribution in [3.63, 3.8) is 0 Å². The second kappa shape index (κ2) is 8.35. The summed E-state index contributed by atoms with van der Waals surface area (Å²) in [6, 6.07) is 4.53. The molecule has 1 aliphatic heterocycles. The molecule has 1 fully saturated rings. The van der Waals surface area contributed by atoms with E-state index < -0.39 is 5.97 Å². The van der Waals surface area contributed by atoms with Crippen LogP contribution in [0.4, 0.5) is 0 Å². The SMILES string of the molecule is Cl.O=C(O)c1ccc(OCCN2CCCCC2)c(Cl)c1. The van der Waals surface area contributed by atoms with Gasteiger partial charge in [0, 0.05) is 6.54 Å². The highest BCUT2D eigenvalue weighted by atomic mass is 35.5. The lowest BCUT2D eigenvalue weighted by molar-refractivity contribution is 0.0697. The average Bonchev–Trinajstić information content (AvgIpc) is 2.41. The Morgan fingerprint density at radius 1 is 1.30 bits per heavy atom. The molecular formula is C14H19Cl2NO3. The summed E-state index contributed by atoms with van der Waals surface area (Å²) >= 11 is 5.99. The summed E-state index contributed by atoms with van der Waals surface area (Å²) in [6.45, 7) is 3.73. The Morgan fingerprint density at radius 2 is 2.00 bits per heavy atom. The molecule has 20 heavy (non-hydrogen) atoms. The van der Waals surface area contributed by atoms with Crippen molar-refractivity contribution in [3.05, 3.63) is 28.8 Å². The van der Waals surface area contributed by atoms with Gasteiger partial charge >= 0.3 is 5.97 Å². The highest BCUT2D eigenvalue weighted by molar-refractivity contribution is 6.32. The molecule has 1 heterocycles. The Balaban J connectivity index is 0.00000200. The van der Waals surface area contributed by atoms with E-state index in [-0.39, 0.29) is 18.0 Å². The Hall–Kier alpha value is -0.970. The number of carboxylic acid groups (broad SMARTS) is 1. The van der Waals surface area contributed by atoms with Gasteiger partial charge in [-0.3, -0.25) is 4.90 Å². The van der Waals surface area contributed by atoms with E-state index >= 15 is 0 Å². The first-order chi connectivity index (χ1) is 9.16. The largest absolute Gasteiger partial charge is 0.491 e. The van der Waals surface area contributed by atoms with Gasteiger partial charge in [-0.1, -0.05) is 18.0 Å². The van der Waals surface area contributed by atoms with Crippen LogP contribution in [0, 0.1) is 0 Å². The number of halogens is 2. The van der Waals surface area contributed by atoms with Gasteiger partial charge in [0.05, 0.1) is 10.6 Å². The Kier molecular flexibility index (Phi) is 7.13. The molecule has 1 N–H and O–H groups in total. The van der Waals surface area contributed by atoms with Gasteiger partial charge in [-0.2, -0.15) is 0 Å². The third-order valence-corrected chi connectivity index (χ3v) is 3.59. The van der Waals surface area contributed by atoms with E-state index in [1.807, 2.05) is 0 Å². The minimum Gasteiger partial charge on any atom is -0.491 e. The molecule has 1 aromatic carbocycles. The second-order valence-corrected chi connectivity index (χ2v) is 5.11. The third-order valence-electron chi connectivity index (χ3n) is 3.29. The van der Waals surface area contributed by atoms with Crippen LogP contribution >= 0.6 is 24.0 Å². The van der Waals surface area contributed by atoms with Crippen LogP contribution in [0.1, 0.15) is 29.6 Å². The minimum absolute atomic E-state index is 0. The molecular weight excluding hydrogens is 301 g/mol. The van der Waals surface area contributed by atoms with Gasteiger partial charge in [-0.25, -0.2) is 4.79 Å². The molecule has 0 atom stereocenters. The fourth-order valence-electron chi connectivity index (χ4n) is 2.22. The standard InChI is InChI=1S/C14H18ClNO3.ClH/c15-12-10-11(14(17)18)4-5-13(12)19-9-8-16-6-2-1-3-7-16;/h4-5,10H,1-3,6-9H2,(H,17,18);1H. The maximum Gasteiger partial charge on any atom is 0.335 e. The van der Waals surface area contributed by atoms with Gasteiger partial charge in [-0.05, 0) is 44.1 Å². The van der Waals surface area contributed by atoms with Gasteiger partial charge in [0.15, 0.2) is 0 Å². The van der Waals surface area contributed by atoms with Crippen molar-refractivity contribution in [2.75, 3.05) is 26.2 Å². The quantitative estimate of drug-likeness (QED) is 0.904. The molecule has 112 valence electrons. The zero-order valence-corrected chi connectivity index (χ0v) is 12.8. The molecule has 0 radical (unpaired) electrons. The molecule has 0 aromatic heterocycles. The van der Waals surface area contributed by atoms with Crippen LogP contribution in [0.25, 0.3) is 0 Å². The molecule has 0 bridgehead atoms. The van der Waals surface area contributed by atoms with Crippen molar-refractivity contribution < 1.29 is 14.6 Å². The van der Waals surface area contributed by atoms with Crippen molar-refractivity contribution in [2.45, 2.75) is 19.3 Å². The molecule has 1 saturated heterocycles. The predicted octanol–water partition coefficient (Wildman–Crippen LogP) is 3.32. The fraction of sp³-hybridized carbons (Fsp3) is 0.500. The monoisotopic (exact) mass is 319 g/mol. The number of ether oxygens (including phenoxy) is 1. The molecule has 0 amide bonds. The van der Waals surface area contributed by atoms with Gasteiger partial charge < -0.3 is 9.84 Å². The summed E-state index contributed by atoms with van der Waals surface area (Å²) in [5.74, 6) is -0.439. The average molecular weight is 320 g/mol. The Labute approximate surface area is 130 Å². The lowest BCUT2D eigenvalue weighted by Crippen LogP contribution is -2.33. The van der Waals surface area contributed by atoms with Crippen molar-refractivity contribution in [3.8, 4) is 5.75 Å². The zero-order chi connectivity index (χ0) is 13.7.